The van der Waals surface area contributed by atoms with E-state index in [1.54, 1.807) is 0 Å². The van der Waals surface area contributed by atoms with Crippen LogP contribution in [0.25, 0.3) is 0 Å². The summed E-state index contributed by atoms with van der Waals surface area (Å²) in [6.07, 6.45) is 5.27. The van der Waals surface area contributed by atoms with Crippen LogP contribution in [-0.4, -0.2) is 30.6 Å². The lowest BCUT2D eigenvalue weighted by Gasteiger charge is -2.37. The van der Waals surface area contributed by atoms with Crippen LogP contribution in [0.3, 0.4) is 0 Å². The Morgan fingerprint density at radius 1 is 1.40 bits per heavy atom. The molecule has 1 aliphatic heterocycles. The molecular weight excluding hydrogens is 184 g/mol. The van der Waals surface area contributed by atoms with Crippen LogP contribution in [0.5, 0.6) is 0 Å². The van der Waals surface area contributed by atoms with Gasteiger partial charge in [-0.2, -0.15) is 0 Å². The van der Waals surface area contributed by atoms with Gasteiger partial charge in [0, 0.05) is 6.04 Å². The third-order valence-electron chi connectivity index (χ3n) is 4.01. The van der Waals surface area contributed by atoms with E-state index in [0.717, 1.165) is 24.4 Å². The van der Waals surface area contributed by atoms with Crippen molar-refractivity contribution in [1.82, 2.24) is 4.90 Å². The highest BCUT2D eigenvalue weighted by Gasteiger charge is 2.22. The molecule has 3 atom stereocenters. The van der Waals surface area contributed by atoms with Crippen molar-refractivity contribution in [1.29, 1.82) is 0 Å². The van der Waals surface area contributed by atoms with Crippen molar-refractivity contribution < 1.29 is 0 Å². The van der Waals surface area contributed by atoms with Gasteiger partial charge in [-0.3, -0.25) is 0 Å². The van der Waals surface area contributed by atoms with Gasteiger partial charge in [-0.05, 0) is 57.7 Å². The van der Waals surface area contributed by atoms with Crippen molar-refractivity contribution in [2.24, 2.45) is 17.6 Å². The van der Waals surface area contributed by atoms with Gasteiger partial charge in [0.05, 0.1) is 0 Å². The van der Waals surface area contributed by atoms with Crippen LogP contribution in [0.2, 0.25) is 0 Å². The molecule has 90 valence electrons. The minimum atomic E-state index is 0.733. The van der Waals surface area contributed by atoms with Crippen LogP contribution >= 0.6 is 0 Å². The van der Waals surface area contributed by atoms with E-state index < -0.39 is 0 Å². The lowest BCUT2D eigenvalue weighted by molar-refractivity contribution is 0.121. The average Bonchev–Trinajstić information content (AvgIpc) is 2.22. The quantitative estimate of drug-likeness (QED) is 0.758. The van der Waals surface area contributed by atoms with Crippen molar-refractivity contribution in [2.45, 2.75) is 52.5 Å². The fourth-order valence-electron chi connectivity index (χ4n) is 2.63. The van der Waals surface area contributed by atoms with Gasteiger partial charge in [0.1, 0.15) is 0 Å². The van der Waals surface area contributed by atoms with E-state index in [1.165, 1.54) is 38.8 Å². The van der Waals surface area contributed by atoms with Gasteiger partial charge in [-0.15, -0.1) is 0 Å². The molecule has 1 aliphatic rings. The van der Waals surface area contributed by atoms with Crippen LogP contribution in [0, 0.1) is 11.8 Å². The second-order valence-corrected chi connectivity index (χ2v) is 5.31. The molecule has 1 heterocycles. The Kier molecular flexibility index (Phi) is 5.62. The van der Waals surface area contributed by atoms with Gasteiger partial charge in [-0.1, -0.05) is 20.3 Å². The first kappa shape index (κ1) is 13.0. The first-order valence-corrected chi connectivity index (χ1v) is 6.61. The molecule has 0 radical (unpaired) electrons. The van der Waals surface area contributed by atoms with Gasteiger partial charge in [0.2, 0.25) is 0 Å². The maximum atomic E-state index is 5.74. The highest BCUT2D eigenvalue weighted by atomic mass is 15.2. The molecule has 0 aromatic heterocycles. The molecule has 1 rings (SSSR count). The minimum Gasteiger partial charge on any atom is -0.330 e. The molecule has 0 amide bonds. The first-order valence-electron chi connectivity index (χ1n) is 6.61. The fourth-order valence-corrected chi connectivity index (χ4v) is 2.63. The summed E-state index contributed by atoms with van der Waals surface area (Å²) in [6, 6.07) is 0.782. The van der Waals surface area contributed by atoms with E-state index >= 15 is 0 Å². The lowest BCUT2D eigenvalue weighted by Crippen LogP contribution is -2.41. The molecule has 15 heavy (non-hydrogen) atoms. The topological polar surface area (TPSA) is 29.3 Å². The number of hydrogen-bond donors (Lipinski definition) is 1. The second kappa shape index (κ2) is 6.49. The van der Waals surface area contributed by atoms with Crippen molar-refractivity contribution >= 4 is 0 Å². The van der Waals surface area contributed by atoms with E-state index in [2.05, 4.69) is 25.7 Å². The second-order valence-electron chi connectivity index (χ2n) is 5.31. The number of hydrogen-bond acceptors (Lipinski definition) is 2. The molecule has 1 fully saturated rings. The van der Waals surface area contributed by atoms with Gasteiger partial charge >= 0.3 is 0 Å². The molecule has 3 unspecified atom stereocenters. The number of likely N-dealkylation sites (tertiary alicyclic amines) is 1. The van der Waals surface area contributed by atoms with Crippen molar-refractivity contribution in [3.05, 3.63) is 0 Å². The summed E-state index contributed by atoms with van der Waals surface area (Å²) in [5.74, 6) is 1.66. The largest absolute Gasteiger partial charge is 0.330 e. The van der Waals surface area contributed by atoms with Gasteiger partial charge in [-0.25, -0.2) is 0 Å². The number of rotatable bonds is 5. The Hall–Kier alpha value is -0.0800. The van der Waals surface area contributed by atoms with Gasteiger partial charge in [0.25, 0.3) is 0 Å². The molecule has 0 aromatic rings. The van der Waals surface area contributed by atoms with E-state index in [-0.39, 0.29) is 0 Å². The highest BCUT2D eigenvalue weighted by Crippen LogP contribution is 2.22. The fraction of sp³-hybridized carbons (Fsp3) is 1.00. The highest BCUT2D eigenvalue weighted by molar-refractivity contribution is 4.77. The zero-order valence-corrected chi connectivity index (χ0v) is 10.7. The maximum absolute atomic E-state index is 5.74. The van der Waals surface area contributed by atoms with Crippen LogP contribution < -0.4 is 5.73 Å². The molecule has 0 aliphatic carbocycles. The van der Waals surface area contributed by atoms with Crippen molar-refractivity contribution in [3.63, 3.8) is 0 Å². The third-order valence-corrected chi connectivity index (χ3v) is 4.01. The van der Waals surface area contributed by atoms with Crippen molar-refractivity contribution in [3.8, 4) is 0 Å². The van der Waals surface area contributed by atoms with Crippen LogP contribution in [0.1, 0.15) is 46.5 Å². The van der Waals surface area contributed by atoms with Crippen LogP contribution in [0.15, 0.2) is 0 Å². The Morgan fingerprint density at radius 2 is 2.13 bits per heavy atom. The Balaban J connectivity index is 2.26. The van der Waals surface area contributed by atoms with E-state index in [9.17, 15) is 0 Å². The predicted octanol–water partition coefficient (Wildman–Crippen LogP) is 2.48. The number of nitrogens with two attached hydrogens (primary N) is 1. The minimum absolute atomic E-state index is 0.733. The molecule has 0 bridgehead atoms. The van der Waals surface area contributed by atoms with Gasteiger partial charge < -0.3 is 10.6 Å². The summed E-state index contributed by atoms with van der Waals surface area (Å²) >= 11 is 0. The smallest absolute Gasteiger partial charge is 0.00694 e. The monoisotopic (exact) mass is 212 g/mol. The van der Waals surface area contributed by atoms with E-state index in [4.69, 9.17) is 5.73 Å². The SMILES string of the molecule is CCC(CN)CCN1CCC(C)CC1C. The molecule has 2 N–H and O–H groups in total. The zero-order valence-electron chi connectivity index (χ0n) is 10.7. The van der Waals surface area contributed by atoms with Gasteiger partial charge in [0.15, 0.2) is 0 Å². The van der Waals surface area contributed by atoms with E-state index in [1.807, 2.05) is 0 Å². The molecule has 0 spiro atoms. The summed E-state index contributed by atoms with van der Waals surface area (Å²) in [6.45, 7) is 10.4. The molecule has 2 nitrogen and oxygen atoms in total. The average molecular weight is 212 g/mol. The number of nitrogens with zero attached hydrogens (tertiary/aromatic N) is 1. The molecule has 0 saturated carbocycles. The van der Waals surface area contributed by atoms with Crippen LogP contribution in [-0.2, 0) is 0 Å². The normalized spacial score (nSPS) is 30.4. The van der Waals surface area contributed by atoms with E-state index in [0.29, 0.717) is 0 Å². The summed E-state index contributed by atoms with van der Waals surface area (Å²) in [4.78, 5) is 2.65. The summed E-state index contributed by atoms with van der Waals surface area (Å²) in [5.41, 5.74) is 5.74. The summed E-state index contributed by atoms with van der Waals surface area (Å²) in [5, 5.41) is 0. The molecule has 2 heteroatoms. The number of piperidine rings is 1. The maximum Gasteiger partial charge on any atom is 0.00694 e. The third kappa shape index (κ3) is 4.12. The summed E-state index contributed by atoms with van der Waals surface area (Å²) < 4.78 is 0. The Morgan fingerprint density at radius 3 is 2.67 bits per heavy atom. The first-order chi connectivity index (χ1) is 7.17. The Labute approximate surface area is 95.2 Å². The lowest BCUT2D eigenvalue weighted by atomic mass is 9.92. The summed E-state index contributed by atoms with van der Waals surface area (Å²) in [7, 11) is 0. The van der Waals surface area contributed by atoms with Crippen LogP contribution in [0.4, 0.5) is 0 Å². The molecule has 0 aromatic carbocycles. The zero-order chi connectivity index (χ0) is 11.3. The standard InChI is InChI=1S/C13H28N2/c1-4-13(10-14)6-8-15-7-5-11(2)9-12(15)3/h11-13H,4-10,14H2,1-3H3. The predicted molar refractivity (Wildman–Crippen MR) is 66.9 cm³/mol. The molecule has 1 saturated heterocycles. The molecular formula is C13H28N2. The van der Waals surface area contributed by atoms with Crippen molar-refractivity contribution in [2.75, 3.05) is 19.6 Å². The Bertz CT molecular complexity index is 166.